The molecule has 0 spiro atoms. The van der Waals surface area contributed by atoms with Crippen LogP contribution in [0.3, 0.4) is 0 Å². The van der Waals surface area contributed by atoms with E-state index in [2.05, 4.69) is 0 Å². The Kier molecular flexibility index (Phi) is 2.80. The van der Waals surface area contributed by atoms with Crippen LogP contribution in [0.1, 0.15) is 19.8 Å². The number of thioether (sulfide) groups is 1. The third-order valence-electron chi connectivity index (χ3n) is 2.29. The number of hydrogen-bond acceptors (Lipinski definition) is 3. The molecule has 1 aliphatic heterocycles. The fraction of sp³-hybridized carbons (Fsp3) is 0.875. The van der Waals surface area contributed by atoms with Crippen molar-refractivity contribution < 1.29 is 5.11 Å². The van der Waals surface area contributed by atoms with E-state index in [1.807, 2.05) is 13.0 Å². The van der Waals surface area contributed by atoms with Crippen molar-refractivity contribution in [2.45, 2.75) is 25.4 Å². The molecule has 1 aliphatic rings. The monoisotopic (exact) mass is 171 g/mol. The van der Waals surface area contributed by atoms with Gasteiger partial charge in [0.15, 0.2) is 5.60 Å². The largest absolute Gasteiger partial charge is 0.374 e. The fourth-order valence-electron chi connectivity index (χ4n) is 1.48. The van der Waals surface area contributed by atoms with Crippen LogP contribution in [0.5, 0.6) is 0 Å². The Morgan fingerprint density at radius 3 is 3.00 bits per heavy atom. The van der Waals surface area contributed by atoms with E-state index in [9.17, 15) is 5.11 Å². The molecule has 1 saturated heterocycles. The van der Waals surface area contributed by atoms with Gasteiger partial charge in [-0.3, -0.25) is 0 Å². The first-order chi connectivity index (χ1) is 5.23. The first-order valence-electron chi connectivity index (χ1n) is 3.94. The topological polar surface area (TPSA) is 44.0 Å². The van der Waals surface area contributed by atoms with Gasteiger partial charge in [0, 0.05) is 11.7 Å². The van der Waals surface area contributed by atoms with Gasteiger partial charge in [-0.2, -0.15) is 17.0 Å². The quantitative estimate of drug-likeness (QED) is 0.606. The van der Waals surface area contributed by atoms with Gasteiger partial charge in [0.05, 0.1) is 6.07 Å². The molecule has 2 atom stereocenters. The van der Waals surface area contributed by atoms with E-state index >= 15 is 0 Å². The van der Waals surface area contributed by atoms with Crippen molar-refractivity contribution in [1.29, 1.82) is 5.26 Å². The second-order valence-electron chi connectivity index (χ2n) is 2.98. The summed E-state index contributed by atoms with van der Waals surface area (Å²) in [6, 6.07) is 2.02. The Hall–Kier alpha value is -0.200. The molecule has 0 aromatic heterocycles. The number of hydrogen-bond donors (Lipinski definition) is 1. The van der Waals surface area contributed by atoms with E-state index in [0.29, 0.717) is 5.75 Å². The Morgan fingerprint density at radius 1 is 1.82 bits per heavy atom. The van der Waals surface area contributed by atoms with Gasteiger partial charge in [-0.25, -0.2) is 0 Å². The summed E-state index contributed by atoms with van der Waals surface area (Å²) in [6.45, 7) is 2.03. The van der Waals surface area contributed by atoms with E-state index in [-0.39, 0.29) is 5.92 Å². The standard InChI is InChI=1S/C8H13NOS/c1-2-7-3-4-11-6-8(7,10)5-9/h7,10H,2-4,6H2,1H3. The van der Waals surface area contributed by atoms with Gasteiger partial charge < -0.3 is 5.11 Å². The fourth-order valence-corrected chi connectivity index (χ4v) is 2.68. The van der Waals surface area contributed by atoms with E-state index in [1.165, 1.54) is 0 Å². The van der Waals surface area contributed by atoms with Crippen LogP contribution in [-0.2, 0) is 0 Å². The van der Waals surface area contributed by atoms with Crippen molar-refractivity contribution in [2.24, 2.45) is 5.92 Å². The molecule has 0 bridgehead atoms. The second-order valence-corrected chi connectivity index (χ2v) is 4.09. The molecule has 0 amide bonds. The predicted molar refractivity (Wildman–Crippen MR) is 46.3 cm³/mol. The number of nitriles is 1. The maximum atomic E-state index is 9.76. The third-order valence-corrected chi connectivity index (χ3v) is 3.46. The van der Waals surface area contributed by atoms with Crippen molar-refractivity contribution in [3.05, 3.63) is 0 Å². The van der Waals surface area contributed by atoms with Crippen molar-refractivity contribution in [3.63, 3.8) is 0 Å². The Labute approximate surface area is 71.6 Å². The molecule has 0 aromatic rings. The number of rotatable bonds is 1. The molecule has 0 radical (unpaired) electrons. The highest BCUT2D eigenvalue weighted by molar-refractivity contribution is 7.99. The maximum absolute atomic E-state index is 9.76. The average Bonchev–Trinajstić information content (AvgIpc) is 2.05. The molecule has 2 nitrogen and oxygen atoms in total. The summed E-state index contributed by atoms with van der Waals surface area (Å²) in [4.78, 5) is 0. The number of aliphatic hydroxyl groups is 1. The lowest BCUT2D eigenvalue weighted by Gasteiger charge is -2.33. The molecule has 62 valence electrons. The zero-order valence-corrected chi connectivity index (χ0v) is 7.52. The molecule has 1 N–H and O–H groups in total. The van der Waals surface area contributed by atoms with Crippen LogP contribution in [0.2, 0.25) is 0 Å². The zero-order valence-electron chi connectivity index (χ0n) is 6.71. The lowest BCUT2D eigenvalue weighted by atomic mass is 9.85. The highest BCUT2D eigenvalue weighted by atomic mass is 32.2. The van der Waals surface area contributed by atoms with Gasteiger partial charge in [-0.05, 0) is 18.6 Å². The summed E-state index contributed by atoms with van der Waals surface area (Å²) in [5.41, 5.74) is -1.04. The SMILES string of the molecule is CCC1CCSCC1(O)C#N. The van der Waals surface area contributed by atoms with Crippen molar-refractivity contribution in [3.8, 4) is 6.07 Å². The maximum Gasteiger partial charge on any atom is 0.162 e. The van der Waals surface area contributed by atoms with Crippen molar-refractivity contribution in [1.82, 2.24) is 0 Å². The minimum Gasteiger partial charge on any atom is -0.374 e. The first-order valence-corrected chi connectivity index (χ1v) is 5.10. The van der Waals surface area contributed by atoms with Gasteiger partial charge in [0.2, 0.25) is 0 Å². The van der Waals surface area contributed by atoms with E-state index in [4.69, 9.17) is 5.26 Å². The highest BCUT2D eigenvalue weighted by Gasteiger charge is 2.38. The minimum absolute atomic E-state index is 0.189. The van der Waals surface area contributed by atoms with Crippen LogP contribution in [0.25, 0.3) is 0 Å². The molecule has 2 unspecified atom stereocenters. The zero-order chi connectivity index (χ0) is 8.32. The minimum atomic E-state index is -1.04. The van der Waals surface area contributed by atoms with Gasteiger partial charge in [-0.1, -0.05) is 6.92 Å². The summed E-state index contributed by atoms with van der Waals surface area (Å²) in [7, 11) is 0. The molecule has 11 heavy (non-hydrogen) atoms. The Bertz CT molecular complexity index is 177. The summed E-state index contributed by atoms with van der Waals surface area (Å²) >= 11 is 1.67. The third kappa shape index (κ3) is 1.69. The van der Waals surface area contributed by atoms with Crippen LogP contribution in [-0.4, -0.2) is 22.2 Å². The van der Waals surface area contributed by atoms with Gasteiger partial charge >= 0.3 is 0 Å². The van der Waals surface area contributed by atoms with Crippen LogP contribution >= 0.6 is 11.8 Å². The smallest absolute Gasteiger partial charge is 0.162 e. The molecular formula is C8H13NOS. The first kappa shape index (κ1) is 8.89. The average molecular weight is 171 g/mol. The van der Waals surface area contributed by atoms with Gasteiger partial charge in [0.25, 0.3) is 0 Å². The lowest BCUT2D eigenvalue weighted by Crippen LogP contribution is -2.41. The highest BCUT2D eigenvalue weighted by Crippen LogP contribution is 2.33. The Morgan fingerprint density at radius 2 is 2.55 bits per heavy atom. The molecule has 0 saturated carbocycles. The molecular weight excluding hydrogens is 158 g/mol. The lowest BCUT2D eigenvalue weighted by molar-refractivity contribution is 0.0512. The molecule has 0 aliphatic carbocycles. The van der Waals surface area contributed by atoms with E-state index < -0.39 is 5.60 Å². The molecule has 1 fully saturated rings. The van der Waals surface area contributed by atoms with Crippen molar-refractivity contribution >= 4 is 11.8 Å². The molecule has 1 rings (SSSR count). The molecule has 3 heteroatoms. The van der Waals surface area contributed by atoms with Crippen LogP contribution in [0.4, 0.5) is 0 Å². The van der Waals surface area contributed by atoms with E-state index in [1.54, 1.807) is 11.8 Å². The predicted octanol–water partition coefficient (Wildman–Crippen LogP) is 1.40. The van der Waals surface area contributed by atoms with Gasteiger partial charge in [0.1, 0.15) is 0 Å². The molecule has 0 aromatic carbocycles. The summed E-state index contributed by atoms with van der Waals surface area (Å²) < 4.78 is 0. The van der Waals surface area contributed by atoms with E-state index in [0.717, 1.165) is 18.6 Å². The second kappa shape index (κ2) is 3.46. The number of nitrogens with zero attached hydrogens (tertiary/aromatic N) is 1. The van der Waals surface area contributed by atoms with Gasteiger partial charge in [-0.15, -0.1) is 0 Å². The van der Waals surface area contributed by atoms with Crippen molar-refractivity contribution in [2.75, 3.05) is 11.5 Å². The summed E-state index contributed by atoms with van der Waals surface area (Å²) in [5.74, 6) is 1.86. The van der Waals surface area contributed by atoms with Crippen LogP contribution < -0.4 is 0 Å². The normalized spacial score (nSPS) is 38.1. The van der Waals surface area contributed by atoms with Crippen LogP contribution in [0, 0.1) is 17.2 Å². The van der Waals surface area contributed by atoms with Crippen LogP contribution in [0.15, 0.2) is 0 Å². The Balaban J connectivity index is 2.67. The molecule has 1 heterocycles. The summed E-state index contributed by atoms with van der Waals surface area (Å²) in [6.07, 6.45) is 1.88. The summed E-state index contributed by atoms with van der Waals surface area (Å²) in [5, 5.41) is 18.5.